The lowest BCUT2D eigenvalue weighted by atomic mass is 9.98. The molecule has 0 aliphatic carbocycles. The summed E-state index contributed by atoms with van der Waals surface area (Å²) >= 11 is 0. The zero-order chi connectivity index (χ0) is 39.5. The van der Waals surface area contributed by atoms with Gasteiger partial charge in [0.2, 0.25) is 12.1 Å². The first kappa shape index (κ1) is 40.1. The molecule has 17 heteroatoms. The molecule has 2 heterocycles. The quantitative estimate of drug-likeness (QED) is 0.0328. The Balaban J connectivity index is 1.16. The molecule has 2 atom stereocenters. The number of H-pyrrole nitrogens is 1. The van der Waals surface area contributed by atoms with Gasteiger partial charge in [-0.2, -0.15) is 10.2 Å². The minimum Gasteiger partial charge on any atom is -0.465 e. The Morgan fingerprint density at radius 1 is 0.982 bits per heavy atom. The number of tetrazole rings is 1. The number of imidazole rings is 1. The van der Waals surface area contributed by atoms with Gasteiger partial charge in [-0.1, -0.05) is 54.6 Å². The summed E-state index contributed by atoms with van der Waals surface area (Å²) in [5.41, 5.74) is 6.96. The summed E-state index contributed by atoms with van der Waals surface area (Å²) in [5.74, 6) is -0.213. The molecule has 0 aliphatic rings. The van der Waals surface area contributed by atoms with Crippen LogP contribution in [0.2, 0.25) is 0 Å². The first-order valence-corrected chi connectivity index (χ1v) is 18.1. The number of esters is 1. The van der Waals surface area contributed by atoms with Crippen LogP contribution in [0.4, 0.5) is 4.79 Å². The van der Waals surface area contributed by atoms with Gasteiger partial charge >= 0.3 is 12.1 Å². The van der Waals surface area contributed by atoms with Gasteiger partial charge in [-0.25, -0.2) is 14.4 Å². The first-order valence-electron chi connectivity index (χ1n) is 18.1. The number of hydrogen-bond acceptors (Lipinski definition) is 12. The number of unbranched alkanes of at least 4 members (excludes halogenated alkanes) is 1. The van der Waals surface area contributed by atoms with E-state index in [0.29, 0.717) is 60.3 Å². The van der Waals surface area contributed by atoms with E-state index in [4.69, 9.17) is 23.8 Å². The minimum atomic E-state index is -1.23. The van der Waals surface area contributed by atoms with E-state index in [9.17, 15) is 14.5 Å². The second-order valence-corrected chi connectivity index (χ2v) is 13.7. The molecule has 5 aromatic rings. The SMILES string of the molecule is CCOc1nc2cccc(C(=O)OC(C)OC(=O)OCCCCC(C)ON[N+](=O)N(C)C(C)(C)C)c2n1Cc1ccc(-c2ccccc2-c2nn[nH]n2)cc1. The van der Waals surface area contributed by atoms with Crippen molar-refractivity contribution in [3.8, 4) is 28.5 Å². The maximum absolute atomic E-state index is 13.5. The van der Waals surface area contributed by atoms with Crippen LogP contribution in [0.25, 0.3) is 33.5 Å². The Hall–Kier alpha value is -6.10. The molecule has 2 aromatic heterocycles. The van der Waals surface area contributed by atoms with Crippen molar-refractivity contribution in [3.05, 3.63) is 82.8 Å². The van der Waals surface area contributed by atoms with Crippen LogP contribution in [0.5, 0.6) is 6.01 Å². The van der Waals surface area contributed by atoms with Crippen LogP contribution >= 0.6 is 0 Å². The fourth-order valence-electron chi connectivity index (χ4n) is 5.52. The van der Waals surface area contributed by atoms with Crippen LogP contribution in [0, 0.1) is 4.91 Å². The smallest absolute Gasteiger partial charge is 0.465 e. The van der Waals surface area contributed by atoms with Crippen molar-refractivity contribution in [1.29, 1.82) is 0 Å². The molecular formula is C38H48N9O8+. The van der Waals surface area contributed by atoms with Gasteiger partial charge in [-0.3, -0.25) is 4.57 Å². The first-order chi connectivity index (χ1) is 26.3. The third-order valence-corrected chi connectivity index (χ3v) is 8.68. The van der Waals surface area contributed by atoms with Crippen LogP contribution in [0.1, 0.15) is 76.7 Å². The molecule has 2 unspecified atom stereocenters. The van der Waals surface area contributed by atoms with E-state index < -0.39 is 18.4 Å². The van der Waals surface area contributed by atoms with Gasteiger partial charge < -0.3 is 18.9 Å². The number of ether oxygens (including phenoxy) is 4. The van der Waals surface area contributed by atoms with Crippen LogP contribution in [-0.2, 0) is 25.6 Å². The predicted octanol–water partition coefficient (Wildman–Crippen LogP) is 6.41. The summed E-state index contributed by atoms with van der Waals surface area (Å²) < 4.78 is 23.6. The summed E-state index contributed by atoms with van der Waals surface area (Å²) in [4.78, 5) is 48.6. The average Bonchev–Trinajstić information content (AvgIpc) is 3.82. The van der Waals surface area contributed by atoms with Crippen molar-refractivity contribution in [2.24, 2.45) is 0 Å². The normalized spacial score (nSPS) is 12.5. The largest absolute Gasteiger partial charge is 0.511 e. The highest BCUT2D eigenvalue weighted by Gasteiger charge is 2.30. The van der Waals surface area contributed by atoms with Crippen LogP contribution in [-0.4, -0.2) is 90.5 Å². The number of carbonyl (C=O) groups excluding carboxylic acids is 2. The maximum atomic E-state index is 13.5. The van der Waals surface area contributed by atoms with Gasteiger partial charge in [-0.05, 0) is 87.9 Å². The molecular weight excluding hydrogens is 710 g/mol. The van der Waals surface area contributed by atoms with E-state index in [1.165, 1.54) is 11.9 Å². The van der Waals surface area contributed by atoms with E-state index in [-0.39, 0.29) is 23.8 Å². The summed E-state index contributed by atoms with van der Waals surface area (Å²) in [6, 6.07) is 21.3. The highest BCUT2D eigenvalue weighted by molar-refractivity contribution is 6.02. The molecule has 0 aliphatic heterocycles. The van der Waals surface area contributed by atoms with Gasteiger partial charge in [0, 0.05) is 18.1 Å². The Morgan fingerprint density at radius 3 is 2.42 bits per heavy atom. The number of nitrogens with one attached hydrogen (secondary N) is 2. The molecule has 0 radical (unpaired) electrons. The number of aromatic nitrogens is 6. The molecule has 0 saturated carbocycles. The Morgan fingerprint density at radius 2 is 1.73 bits per heavy atom. The second-order valence-electron chi connectivity index (χ2n) is 13.7. The zero-order valence-corrected chi connectivity index (χ0v) is 32.1. The van der Waals surface area contributed by atoms with E-state index in [2.05, 4.69) is 31.2 Å². The van der Waals surface area contributed by atoms with Crippen molar-refractivity contribution in [2.45, 2.75) is 85.3 Å². The molecule has 0 fully saturated rings. The summed E-state index contributed by atoms with van der Waals surface area (Å²) in [5, 5.41) is 15.9. The molecule has 292 valence electrons. The van der Waals surface area contributed by atoms with Crippen molar-refractivity contribution < 1.29 is 38.4 Å². The van der Waals surface area contributed by atoms with Gasteiger partial charge in [0.15, 0.2) is 0 Å². The van der Waals surface area contributed by atoms with Gasteiger partial charge in [0.05, 0.1) is 60.0 Å². The lowest BCUT2D eigenvalue weighted by molar-refractivity contribution is -0.797. The van der Waals surface area contributed by atoms with Crippen LogP contribution in [0.3, 0.4) is 0 Å². The number of hydrogen-bond donors (Lipinski definition) is 2. The molecule has 17 nitrogen and oxygen atoms in total. The highest BCUT2D eigenvalue weighted by Crippen LogP contribution is 2.31. The number of nitroso groups, excluding NO2 is 1. The Kier molecular flexibility index (Phi) is 13.3. The monoisotopic (exact) mass is 758 g/mol. The Labute approximate surface area is 318 Å². The van der Waals surface area contributed by atoms with Crippen LogP contribution in [0.15, 0.2) is 66.7 Å². The average molecular weight is 759 g/mol. The number of para-hydroxylation sites is 1. The number of fused-ring (bicyclic) bond motifs is 1. The highest BCUT2D eigenvalue weighted by atomic mass is 16.8. The zero-order valence-electron chi connectivity index (χ0n) is 32.1. The molecule has 55 heavy (non-hydrogen) atoms. The molecule has 0 saturated heterocycles. The number of rotatable bonds is 18. The molecule has 0 bridgehead atoms. The molecule has 0 spiro atoms. The number of aromatic amines is 1. The summed E-state index contributed by atoms with van der Waals surface area (Å²) in [7, 11) is 1.66. The second kappa shape index (κ2) is 18.3. The predicted molar refractivity (Wildman–Crippen MR) is 201 cm³/mol. The maximum Gasteiger partial charge on any atom is 0.511 e. The summed E-state index contributed by atoms with van der Waals surface area (Å²) in [6.45, 7) is 11.6. The van der Waals surface area contributed by atoms with E-state index >= 15 is 0 Å². The lowest BCUT2D eigenvalue weighted by Gasteiger charge is -2.23. The minimum absolute atomic E-state index is 0.0884. The number of benzene rings is 3. The van der Waals surface area contributed by atoms with Gasteiger partial charge in [-0.15, -0.1) is 15.2 Å². The fourth-order valence-corrected chi connectivity index (χ4v) is 5.52. The van der Waals surface area contributed by atoms with Crippen molar-refractivity contribution >= 4 is 23.2 Å². The van der Waals surface area contributed by atoms with Gasteiger partial charge in [0.25, 0.3) is 11.0 Å². The number of carbonyl (C=O) groups is 2. The summed E-state index contributed by atoms with van der Waals surface area (Å²) in [6.07, 6.45) is -0.660. The standard InChI is InChI=1S/C38H48N9O8/c1-8-51-36-39-32-18-13-17-31(33(32)46(36)24-27-19-21-28(22-20-27)29-15-9-10-16-30(29)34-40-42-43-41-34)35(48)53-26(3)54-37(49)52-23-12-11-14-25(2)55-44-47(50)45(7)38(4,5)6/h9-10,13,15-22,25-26H,8,11-12,14,23-24H2,1-7H3,(H,44,50)(H,40,41,42,43)/q+1. The third kappa shape index (κ3) is 10.5. The molecule has 3 aromatic carbocycles. The van der Waals surface area contributed by atoms with Crippen molar-refractivity contribution in [1.82, 2.24) is 40.8 Å². The third-order valence-electron chi connectivity index (χ3n) is 8.68. The molecule has 5 rings (SSSR count). The number of hydrazine groups is 2. The molecule has 0 amide bonds. The van der Waals surface area contributed by atoms with E-state index in [1.807, 2.05) is 87.7 Å². The Bertz CT molecular complexity index is 2050. The lowest BCUT2D eigenvalue weighted by Crippen LogP contribution is -2.50. The van der Waals surface area contributed by atoms with Crippen LogP contribution < -0.4 is 10.3 Å². The van der Waals surface area contributed by atoms with E-state index in [0.717, 1.165) is 22.3 Å². The topological polar surface area (TPSA) is 188 Å². The fraction of sp³-hybridized carbons (Fsp3) is 0.421. The van der Waals surface area contributed by atoms with Crippen molar-refractivity contribution in [3.63, 3.8) is 0 Å². The van der Waals surface area contributed by atoms with Crippen molar-refractivity contribution in [2.75, 3.05) is 20.3 Å². The van der Waals surface area contributed by atoms with E-state index in [1.54, 1.807) is 25.2 Å². The molecule has 2 N–H and O–H groups in total. The van der Waals surface area contributed by atoms with Gasteiger partial charge in [0.1, 0.15) is 0 Å². The number of nitrogens with zero attached hydrogens (tertiary/aromatic N) is 7.